The molecule has 0 atom stereocenters. The number of nitrogens with zero attached hydrogens (tertiary/aromatic N) is 2. The fourth-order valence-corrected chi connectivity index (χ4v) is 2.60. The number of hydrogen-bond acceptors (Lipinski definition) is 4. The summed E-state index contributed by atoms with van der Waals surface area (Å²) < 4.78 is 18.7. The molecule has 0 spiro atoms. The van der Waals surface area contributed by atoms with Gasteiger partial charge in [0.15, 0.2) is 12.4 Å². The molecule has 3 rings (SSSR count). The standard InChI is InChI=1S/C20H21FN4O2/c1-12(2)16-9-4-13(3)10-17(16)27-11-18(26)22-20-23-19(24-25-20)14-5-7-15(21)8-6-14/h4-10,12H,11H2,1-3H3,(H2,22,23,24,25,26). The summed E-state index contributed by atoms with van der Waals surface area (Å²) in [7, 11) is 0. The molecule has 0 saturated heterocycles. The van der Waals surface area contributed by atoms with Gasteiger partial charge in [-0.25, -0.2) is 4.39 Å². The number of benzene rings is 2. The fourth-order valence-electron chi connectivity index (χ4n) is 2.60. The normalized spacial score (nSPS) is 10.9. The minimum Gasteiger partial charge on any atom is -0.483 e. The molecular formula is C20H21FN4O2. The molecular weight excluding hydrogens is 347 g/mol. The van der Waals surface area contributed by atoms with Crippen molar-refractivity contribution in [1.82, 2.24) is 15.2 Å². The van der Waals surface area contributed by atoms with E-state index in [1.165, 1.54) is 12.1 Å². The topological polar surface area (TPSA) is 79.9 Å². The van der Waals surface area contributed by atoms with Crippen LogP contribution in [0.4, 0.5) is 10.3 Å². The van der Waals surface area contributed by atoms with Crippen LogP contribution in [0.5, 0.6) is 5.75 Å². The number of amides is 1. The van der Waals surface area contributed by atoms with Gasteiger partial charge in [0.05, 0.1) is 0 Å². The molecule has 7 heteroatoms. The lowest BCUT2D eigenvalue weighted by atomic mass is 10.0. The van der Waals surface area contributed by atoms with Gasteiger partial charge in [0.2, 0.25) is 5.95 Å². The van der Waals surface area contributed by atoms with Crippen molar-refractivity contribution in [3.05, 3.63) is 59.4 Å². The van der Waals surface area contributed by atoms with Gasteiger partial charge in [0, 0.05) is 5.56 Å². The van der Waals surface area contributed by atoms with Crippen molar-refractivity contribution in [2.45, 2.75) is 26.7 Å². The molecule has 0 aliphatic rings. The van der Waals surface area contributed by atoms with Crippen LogP contribution in [0.3, 0.4) is 0 Å². The van der Waals surface area contributed by atoms with Gasteiger partial charge in [0.25, 0.3) is 5.91 Å². The second kappa shape index (κ2) is 7.99. The number of aromatic amines is 1. The number of anilines is 1. The maximum Gasteiger partial charge on any atom is 0.264 e. The lowest BCUT2D eigenvalue weighted by Crippen LogP contribution is -2.21. The Morgan fingerprint density at radius 3 is 2.67 bits per heavy atom. The van der Waals surface area contributed by atoms with E-state index in [2.05, 4.69) is 34.3 Å². The van der Waals surface area contributed by atoms with Crippen molar-refractivity contribution < 1.29 is 13.9 Å². The van der Waals surface area contributed by atoms with E-state index in [9.17, 15) is 9.18 Å². The number of aryl methyl sites for hydroxylation is 1. The highest BCUT2D eigenvalue weighted by atomic mass is 19.1. The molecule has 0 saturated carbocycles. The maximum absolute atomic E-state index is 13.0. The third-order valence-electron chi connectivity index (χ3n) is 4.00. The Balaban J connectivity index is 1.62. The Morgan fingerprint density at radius 1 is 1.22 bits per heavy atom. The number of rotatable bonds is 6. The van der Waals surface area contributed by atoms with Crippen molar-refractivity contribution >= 4 is 11.9 Å². The molecule has 0 aliphatic carbocycles. The highest BCUT2D eigenvalue weighted by Gasteiger charge is 2.12. The van der Waals surface area contributed by atoms with E-state index < -0.39 is 0 Å². The van der Waals surface area contributed by atoms with E-state index in [1.807, 2.05) is 25.1 Å². The average Bonchev–Trinajstić information content (AvgIpc) is 3.08. The fraction of sp³-hybridized carbons (Fsp3) is 0.250. The molecule has 27 heavy (non-hydrogen) atoms. The van der Waals surface area contributed by atoms with Crippen LogP contribution in [-0.4, -0.2) is 27.7 Å². The van der Waals surface area contributed by atoms with E-state index in [0.29, 0.717) is 17.1 Å². The number of ether oxygens (including phenoxy) is 1. The van der Waals surface area contributed by atoms with Crippen LogP contribution in [-0.2, 0) is 4.79 Å². The molecule has 3 aromatic rings. The number of carbonyl (C=O) groups excluding carboxylic acids is 1. The summed E-state index contributed by atoms with van der Waals surface area (Å²) in [5.74, 6) is 0.858. The molecule has 2 aromatic carbocycles. The minimum absolute atomic E-state index is 0.135. The first kappa shape index (κ1) is 18.6. The number of halogens is 1. The van der Waals surface area contributed by atoms with Crippen LogP contribution in [0.2, 0.25) is 0 Å². The summed E-state index contributed by atoms with van der Waals surface area (Å²) >= 11 is 0. The highest BCUT2D eigenvalue weighted by Crippen LogP contribution is 2.27. The van der Waals surface area contributed by atoms with E-state index in [4.69, 9.17) is 4.74 Å². The molecule has 6 nitrogen and oxygen atoms in total. The molecule has 0 aliphatic heterocycles. The predicted octanol–water partition coefficient (Wildman–Crippen LogP) is 4.06. The van der Waals surface area contributed by atoms with Crippen molar-refractivity contribution in [2.75, 3.05) is 11.9 Å². The van der Waals surface area contributed by atoms with Gasteiger partial charge in [-0.05, 0) is 54.3 Å². The first-order chi connectivity index (χ1) is 12.9. The third-order valence-corrected chi connectivity index (χ3v) is 4.00. The quantitative estimate of drug-likeness (QED) is 0.688. The summed E-state index contributed by atoms with van der Waals surface area (Å²) in [4.78, 5) is 16.4. The second-order valence-electron chi connectivity index (χ2n) is 6.55. The largest absolute Gasteiger partial charge is 0.483 e. The van der Waals surface area contributed by atoms with E-state index >= 15 is 0 Å². The SMILES string of the molecule is Cc1ccc(C(C)C)c(OCC(=O)Nc2n[nH]c(-c3ccc(F)cc3)n2)c1. The first-order valence-corrected chi connectivity index (χ1v) is 8.64. The zero-order valence-electron chi connectivity index (χ0n) is 15.4. The Bertz CT molecular complexity index is 935. The van der Waals surface area contributed by atoms with Gasteiger partial charge in [-0.1, -0.05) is 26.0 Å². The number of aromatic nitrogens is 3. The first-order valence-electron chi connectivity index (χ1n) is 8.64. The number of carbonyl (C=O) groups is 1. The lowest BCUT2D eigenvalue weighted by Gasteiger charge is -2.14. The molecule has 1 aromatic heterocycles. The van der Waals surface area contributed by atoms with Crippen molar-refractivity contribution in [1.29, 1.82) is 0 Å². The van der Waals surface area contributed by atoms with Crippen LogP contribution in [0.25, 0.3) is 11.4 Å². The van der Waals surface area contributed by atoms with Crippen LogP contribution < -0.4 is 10.1 Å². The van der Waals surface area contributed by atoms with Crippen LogP contribution in [0, 0.1) is 12.7 Å². The lowest BCUT2D eigenvalue weighted by molar-refractivity contribution is -0.118. The number of hydrogen-bond donors (Lipinski definition) is 2. The van der Waals surface area contributed by atoms with Gasteiger partial charge in [-0.2, -0.15) is 4.98 Å². The molecule has 1 heterocycles. The summed E-state index contributed by atoms with van der Waals surface area (Å²) in [6.45, 7) is 5.97. The molecule has 2 N–H and O–H groups in total. The van der Waals surface area contributed by atoms with E-state index in [1.54, 1.807) is 12.1 Å². The molecule has 0 bridgehead atoms. The average molecular weight is 368 g/mol. The molecule has 0 radical (unpaired) electrons. The summed E-state index contributed by atoms with van der Waals surface area (Å²) in [6, 6.07) is 11.8. The molecule has 1 amide bonds. The summed E-state index contributed by atoms with van der Waals surface area (Å²) in [6.07, 6.45) is 0. The van der Waals surface area contributed by atoms with Crippen LogP contribution in [0.1, 0.15) is 30.9 Å². The van der Waals surface area contributed by atoms with Crippen molar-refractivity contribution in [3.8, 4) is 17.1 Å². The summed E-state index contributed by atoms with van der Waals surface area (Å²) in [5, 5.41) is 9.25. The van der Waals surface area contributed by atoms with Gasteiger partial charge < -0.3 is 4.74 Å². The Morgan fingerprint density at radius 2 is 1.96 bits per heavy atom. The van der Waals surface area contributed by atoms with Gasteiger partial charge in [-0.15, -0.1) is 5.10 Å². The Hall–Kier alpha value is -3.22. The van der Waals surface area contributed by atoms with E-state index in [-0.39, 0.29) is 30.2 Å². The highest BCUT2D eigenvalue weighted by molar-refractivity contribution is 5.90. The summed E-state index contributed by atoms with van der Waals surface area (Å²) in [5.41, 5.74) is 2.78. The Kier molecular flexibility index (Phi) is 5.49. The minimum atomic E-state index is -0.365. The zero-order chi connectivity index (χ0) is 19.4. The predicted molar refractivity (Wildman–Crippen MR) is 101 cm³/mol. The van der Waals surface area contributed by atoms with Gasteiger partial charge >= 0.3 is 0 Å². The monoisotopic (exact) mass is 368 g/mol. The third kappa shape index (κ3) is 4.69. The second-order valence-corrected chi connectivity index (χ2v) is 6.55. The Labute approximate surface area is 156 Å². The van der Waals surface area contributed by atoms with Crippen molar-refractivity contribution in [3.63, 3.8) is 0 Å². The van der Waals surface area contributed by atoms with Crippen LogP contribution in [0.15, 0.2) is 42.5 Å². The van der Waals surface area contributed by atoms with Crippen molar-refractivity contribution in [2.24, 2.45) is 0 Å². The number of H-pyrrole nitrogens is 1. The van der Waals surface area contributed by atoms with Gasteiger partial charge in [0.1, 0.15) is 11.6 Å². The molecule has 0 unspecified atom stereocenters. The van der Waals surface area contributed by atoms with Crippen LogP contribution >= 0.6 is 0 Å². The molecule has 0 fully saturated rings. The maximum atomic E-state index is 13.0. The number of nitrogens with one attached hydrogen (secondary N) is 2. The zero-order valence-corrected chi connectivity index (χ0v) is 15.4. The van der Waals surface area contributed by atoms with Gasteiger partial charge in [-0.3, -0.25) is 15.2 Å². The molecule has 140 valence electrons. The smallest absolute Gasteiger partial charge is 0.264 e. The van der Waals surface area contributed by atoms with E-state index in [0.717, 1.165) is 11.1 Å².